The molecule has 4 N–H and O–H groups in total. The fourth-order valence-electron chi connectivity index (χ4n) is 2.90. The van der Waals surface area contributed by atoms with Crippen LogP contribution in [0.25, 0.3) is 10.9 Å². The van der Waals surface area contributed by atoms with Gasteiger partial charge in [0.25, 0.3) is 5.56 Å². The number of hydrogen-bond acceptors (Lipinski definition) is 5. The fourth-order valence-corrected chi connectivity index (χ4v) is 3.12. The third-order valence-corrected chi connectivity index (χ3v) is 4.43. The maximum atomic E-state index is 12.6. The Balaban J connectivity index is 1.90. The fraction of sp³-hybridized carbons (Fsp3) is 0.250. The number of halogens is 1. The molecule has 9 heteroatoms. The molecule has 3 rings (SSSR count). The molecule has 0 aliphatic carbocycles. The molecular weight excluding hydrogens is 396 g/mol. The topological polar surface area (TPSA) is 116 Å². The number of anilines is 2. The number of amides is 1. The van der Waals surface area contributed by atoms with E-state index in [0.717, 1.165) is 5.39 Å². The second-order valence-corrected chi connectivity index (χ2v) is 7.22. The van der Waals surface area contributed by atoms with Crippen molar-refractivity contribution in [3.63, 3.8) is 0 Å². The molecule has 2 heterocycles. The van der Waals surface area contributed by atoms with Gasteiger partial charge in [-0.3, -0.25) is 10.1 Å². The zero-order valence-electron chi connectivity index (χ0n) is 16.1. The van der Waals surface area contributed by atoms with E-state index in [4.69, 9.17) is 21.4 Å². The maximum absolute atomic E-state index is 12.6. The number of aromatic nitrogens is 2. The summed E-state index contributed by atoms with van der Waals surface area (Å²) >= 11 is 6.31. The van der Waals surface area contributed by atoms with Gasteiger partial charge in [0, 0.05) is 35.0 Å². The van der Waals surface area contributed by atoms with Crippen molar-refractivity contribution in [2.45, 2.75) is 32.9 Å². The molecule has 0 radical (unpaired) electrons. The van der Waals surface area contributed by atoms with E-state index in [1.54, 1.807) is 24.3 Å². The second kappa shape index (κ2) is 8.40. The maximum Gasteiger partial charge on any atom is 0.409 e. The van der Waals surface area contributed by atoms with Gasteiger partial charge in [-0.2, -0.15) is 0 Å². The lowest BCUT2D eigenvalue weighted by Gasteiger charge is -2.16. The van der Waals surface area contributed by atoms with E-state index >= 15 is 0 Å². The summed E-state index contributed by atoms with van der Waals surface area (Å²) in [6.07, 6.45) is 0.263. The van der Waals surface area contributed by atoms with Crippen LogP contribution in [0.2, 0.25) is 5.02 Å². The zero-order chi connectivity index (χ0) is 21.1. The van der Waals surface area contributed by atoms with Gasteiger partial charge in [0.2, 0.25) is 0 Å². The van der Waals surface area contributed by atoms with Crippen LogP contribution < -0.4 is 20.9 Å². The van der Waals surface area contributed by atoms with Crippen LogP contribution in [0.3, 0.4) is 0 Å². The van der Waals surface area contributed by atoms with Gasteiger partial charge >= 0.3 is 6.09 Å². The third kappa shape index (κ3) is 4.97. The summed E-state index contributed by atoms with van der Waals surface area (Å²) in [6.45, 7) is 5.61. The van der Waals surface area contributed by atoms with Gasteiger partial charge in [0.05, 0.1) is 22.7 Å². The zero-order valence-corrected chi connectivity index (χ0v) is 16.9. The molecule has 0 spiro atoms. The highest BCUT2D eigenvalue weighted by molar-refractivity contribution is 6.32. The average Bonchev–Trinajstić information content (AvgIpc) is 2.61. The number of pyridine rings is 2. The molecule has 152 valence electrons. The smallest absolute Gasteiger partial charge is 0.409 e. The van der Waals surface area contributed by atoms with Crippen LogP contribution in [0, 0.1) is 0 Å². The van der Waals surface area contributed by atoms with Gasteiger partial charge in [0.15, 0.2) is 0 Å². The van der Waals surface area contributed by atoms with Crippen molar-refractivity contribution in [1.29, 1.82) is 0 Å². The lowest BCUT2D eigenvalue weighted by Crippen LogP contribution is -2.20. The first-order valence-electron chi connectivity index (χ1n) is 8.98. The molecule has 8 nitrogen and oxygen atoms in total. The van der Waals surface area contributed by atoms with Crippen LogP contribution in [-0.2, 0) is 0 Å². The predicted octanol–water partition coefficient (Wildman–Crippen LogP) is 4.63. The number of hydrogen-bond donors (Lipinski definition) is 4. The van der Waals surface area contributed by atoms with Crippen molar-refractivity contribution in [3.05, 3.63) is 57.5 Å². The second-order valence-electron chi connectivity index (χ2n) is 6.82. The minimum absolute atomic E-state index is 0.0425. The number of ether oxygens (including phenoxy) is 1. The van der Waals surface area contributed by atoms with E-state index in [-0.39, 0.29) is 17.7 Å². The molecule has 0 aliphatic heterocycles. The van der Waals surface area contributed by atoms with Gasteiger partial charge in [-0.05, 0) is 39.0 Å². The molecule has 3 aromatic rings. The molecule has 0 bridgehead atoms. The van der Waals surface area contributed by atoms with Gasteiger partial charge in [-0.1, -0.05) is 11.6 Å². The minimum atomic E-state index is -1.17. The van der Waals surface area contributed by atoms with Gasteiger partial charge in [-0.25, -0.2) is 9.78 Å². The molecule has 1 unspecified atom stereocenters. The van der Waals surface area contributed by atoms with Crippen molar-refractivity contribution in [3.8, 4) is 5.75 Å². The Kier molecular flexibility index (Phi) is 5.93. The average molecular weight is 417 g/mol. The van der Waals surface area contributed by atoms with Crippen LogP contribution in [0.4, 0.5) is 16.3 Å². The first-order valence-corrected chi connectivity index (χ1v) is 9.36. The summed E-state index contributed by atoms with van der Waals surface area (Å²) < 4.78 is 5.67. The molecule has 1 atom stereocenters. The highest BCUT2D eigenvalue weighted by Crippen LogP contribution is 2.30. The molecule has 1 amide bonds. The van der Waals surface area contributed by atoms with Crippen molar-refractivity contribution >= 4 is 40.1 Å². The third-order valence-electron chi connectivity index (χ3n) is 4.13. The molecule has 0 aliphatic rings. The lowest BCUT2D eigenvalue weighted by molar-refractivity contribution is 0.209. The van der Waals surface area contributed by atoms with Crippen LogP contribution in [-0.4, -0.2) is 27.3 Å². The number of nitrogens with one attached hydrogen (secondary N) is 3. The van der Waals surface area contributed by atoms with E-state index < -0.39 is 6.09 Å². The molecular formula is C20H21ClN4O4. The van der Waals surface area contributed by atoms with E-state index in [2.05, 4.69) is 20.6 Å². The highest BCUT2D eigenvalue weighted by atomic mass is 35.5. The van der Waals surface area contributed by atoms with E-state index in [9.17, 15) is 9.59 Å². The Hall–Kier alpha value is -3.26. The number of carboxylic acid groups (broad SMARTS) is 1. The van der Waals surface area contributed by atoms with E-state index in [1.165, 1.54) is 12.3 Å². The quantitative estimate of drug-likeness (QED) is 0.465. The van der Waals surface area contributed by atoms with Gasteiger partial charge in [-0.15, -0.1) is 0 Å². The lowest BCUT2D eigenvalue weighted by atomic mass is 10.1. The highest BCUT2D eigenvalue weighted by Gasteiger charge is 2.14. The van der Waals surface area contributed by atoms with E-state index in [1.807, 2.05) is 20.8 Å². The van der Waals surface area contributed by atoms with Crippen LogP contribution >= 0.6 is 11.6 Å². The van der Waals surface area contributed by atoms with Crippen LogP contribution in [0.15, 0.2) is 41.3 Å². The summed E-state index contributed by atoms with van der Waals surface area (Å²) in [7, 11) is 0. The van der Waals surface area contributed by atoms with Crippen molar-refractivity contribution < 1.29 is 14.6 Å². The number of fused-ring (bicyclic) bond motifs is 1. The molecule has 0 saturated heterocycles. The number of nitrogens with zero attached hydrogens (tertiary/aromatic N) is 1. The Morgan fingerprint density at radius 1 is 1.24 bits per heavy atom. The number of carbonyl (C=O) groups is 1. The molecule has 0 saturated carbocycles. The Bertz CT molecular complexity index is 1110. The summed E-state index contributed by atoms with van der Waals surface area (Å²) in [5.74, 6) is 0.942. The molecule has 2 aromatic heterocycles. The van der Waals surface area contributed by atoms with Crippen molar-refractivity contribution in [2.24, 2.45) is 0 Å². The first kappa shape index (κ1) is 20.5. The molecule has 1 aromatic carbocycles. The van der Waals surface area contributed by atoms with Crippen LogP contribution in [0.5, 0.6) is 5.75 Å². The predicted molar refractivity (Wildman–Crippen MR) is 113 cm³/mol. The van der Waals surface area contributed by atoms with Crippen molar-refractivity contribution in [2.75, 3.05) is 10.6 Å². The van der Waals surface area contributed by atoms with E-state index in [0.29, 0.717) is 33.4 Å². The molecule has 29 heavy (non-hydrogen) atoms. The Morgan fingerprint density at radius 3 is 2.69 bits per heavy atom. The summed E-state index contributed by atoms with van der Waals surface area (Å²) in [5.41, 5.74) is 1.23. The Labute approximate surface area is 171 Å². The van der Waals surface area contributed by atoms with Crippen molar-refractivity contribution in [1.82, 2.24) is 9.97 Å². The SMILES string of the molecule is CC(C)Oc1cc2[nH]c(=O)c(C(C)Nc3cc(NC(=O)O)ccn3)cc2cc1Cl. The van der Waals surface area contributed by atoms with Gasteiger partial charge in [0.1, 0.15) is 11.6 Å². The summed E-state index contributed by atoms with van der Waals surface area (Å²) in [6, 6.07) is 7.91. The normalized spacial score (nSPS) is 12.0. The standard InChI is InChI=1S/C20H21ClN4O4/c1-10(2)29-17-9-16-12(7-15(17)21)6-14(19(26)25-16)11(3)23-18-8-13(4-5-22-18)24-20(27)28/h4-11H,1-3H3,(H,25,26)(H,27,28)(H2,22,23,24). The minimum Gasteiger partial charge on any atom is -0.489 e. The van der Waals surface area contributed by atoms with Crippen LogP contribution in [0.1, 0.15) is 32.4 Å². The molecule has 0 fully saturated rings. The number of rotatable bonds is 6. The summed E-state index contributed by atoms with van der Waals surface area (Å²) in [4.78, 5) is 30.4. The first-order chi connectivity index (χ1) is 13.7. The summed E-state index contributed by atoms with van der Waals surface area (Å²) in [5, 5.41) is 15.4. The van der Waals surface area contributed by atoms with Gasteiger partial charge < -0.3 is 20.1 Å². The monoisotopic (exact) mass is 416 g/mol. The largest absolute Gasteiger partial charge is 0.489 e. The Morgan fingerprint density at radius 2 is 2.00 bits per heavy atom. The number of H-pyrrole nitrogens is 1. The number of benzene rings is 1. The number of aromatic amines is 1.